The van der Waals surface area contributed by atoms with Crippen LogP contribution >= 0.6 is 15.9 Å². The molecule has 1 fully saturated rings. The van der Waals surface area contributed by atoms with Crippen molar-refractivity contribution in [1.29, 1.82) is 0 Å². The number of rotatable bonds is 1. The molecule has 1 aliphatic rings. The molecule has 0 saturated carbocycles. The van der Waals surface area contributed by atoms with Crippen molar-refractivity contribution in [3.8, 4) is 0 Å². The lowest BCUT2D eigenvalue weighted by atomic mass is 10.2. The smallest absolute Gasteiger partial charge is 0.212 e. The van der Waals surface area contributed by atoms with Gasteiger partial charge in [-0.3, -0.25) is 0 Å². The Morgan fingerprint density at radius 2 is 2.40 bits per heavy atom. The van der Waals surface area contributed by atoms with Crippen LogP contribution in [0.25, 0.3) is 11.1 Å². The van der Waals surface area contributed by atoms with E-state index in [1.165, 1.54) is 6.42 Å². The SMILES string of the molecule is Brc1cccc2nc(C3CCCN3)oc12. The molecule has 1 unspecified atom stereocenters. The summed E-state index contributed by atoms with van der Waals surface area (Å²) in [6.45, 7) is 1.06. The summed E-state index contributed by atoms with van der Waals surface area (Å²) in [6, 6.07) is 6.21. The molecular weight excluding hydrogens is 256 g/mol. The molecule has 1 saturated heterocycles. The fourth-order valence-corrected chi connectivity index (χ4v) is 2.41. The average molecular weight is 267 g/mol. The minimum absolute atomic E-state index is 0.296. The van der Waals surface area contributed by atoms with Crippen LogP contribution in [0.1, 0.15) is 24.8 Å². The molecule has 0 radical (unpaired) electrons. The van der Waals surface area contributed by atoms with Gasteiger partial charge in [-0.1, -0.05) is 6.07 Å². The Morgan fingerprint density at radius 1 is 1.47 bits per heavy atom. The molecule has 78 valence electrons. The summed E-state index contributed by atoms with van der Waals surface area (Å²) in [5, 5.41) is 3.38. The summed E-state index contributed by atoms with van der Waals surface area (Å²) in [5.74, 6) is 0.814. The monoisotopic (exact) mass is 266 g/mol. The van der Waals surface area contributed by atoms with E-state index in [4.69, 9.17) is 4.42 Å². The van der Waals surface area contributed by atoms with Gasteiger partial charge in [-0.15, -0.1) is 0 Å². The van der Waals surface area contributed by atoms with Crippen molar-refractivity contribution in [2.45, 2.75) is 18.9 Å². The van der Waals surface area contributed by atoms with Crippen molar-refractivity contribution < 1.29 is 4.42 Å². The highest BCUT2D eigenvalue weighted by atomic mass is 79.9. The molecule has 0 bridgehead atoms. The number of oxazole rings is 1. The van der Waals surface area contributed by atoms with Gasteiger partial charge in [0.25, 0.3) is 0 Å². The van der Waals surface area contributed by atoms with E-state index in [0.29, 0.717) is 6.04 Å². The number of para-hydroxylation sites is 1. The summed E-state index contributed by atoms with van der Waals surface area (Å²) in [7, 11) is 0. The standard InChI is InChI=1S/C11H11BrN2O/c12-7-3-1-4-8-10(7)15-11(14-8)9-5-2-6-13-9/h1,3-4,9,13H,2,5-6H2. The zero-order chi connectivity index (χ0) is 10.3. The molecule has 3 nitrogen and oxygen atoms in total. The van der Waals surface area contributed by atoms with E-state index < -0.39 is 0 Å². The first-order valence-corrected chi connectivity index (χ1v) is 5.92. The summed E-state index contributed by atoms with van der Waals surface area (Å²) in [5.41, 5.74) is 1.77. The summed E-state index contributed by atoms with van der Waals surface area (Å²) in [4.78, 5) is 4.50. The maximum absolute atomic E-state index is 5.76. The topological polar surface area (TPSA) is 38.1 Å². The first-order chi connectivity index (χ1) is 7.34. The minimum Gasteiger partial charge on any atom is -0.438 e. The van der Waals surface area contributed by atoms with Gasteiger partial charge in [-0.2, -0.15) is 0 Å². The van der Waals surface area contributed by atoms with Crippen molar-refractivity contribution in [3.05, 3.63) is 28.6 Å². The van der Waals surface area contributed by atoms with Crippen molar-refractivity contribution >= 4 is 27.0 Å². The Balaban J connectivity index is 2.09. The van der Waals surface area contributed by atoms with Gasteiger partial charge in [0.05, 0.1) is 10.5 Å². The first kappa shape index (κ1) is 9.36. The van der Waals surface area contributed by atoms with Crippen LogP contribution in [0.15, 0.2) is 27.1 Å². The second-order valence-electron chi connectivity index (χ2n) is 3.79. The lowest BCUT2D eigenvalue weighted by Crippen LogP contribution is -2.12. The fourth-order valence-electron chi connectivity index (χ4n) is 1.98. The van der Waals surface area contributed by atoms with Crippen LogP contribution in [0.5, 0.6) is 0 Å². The normalized spacial score (nSPS) is 21.3. The van der Waals surface area contributed by atoms with Crippen molar-refractivity contribution in [2.24, 2.45) is 0 Å². The summed E-state index contributed by atoms with van der Waals surface area (Å²) in [6.07, 6.45) is 2.31. The Morgan fingerprint density at radius 3 is 3.13 bits per heavy atom. The zero-order valence-electron chi connectivity index (χ0n) is 8.16. The van der Waals surface area contributed by atoms with Gasteiger partial charge in [0.2, 0.25) is 5.89 Å². The molecule has 2 aromatic rings. The molecule has 4 heteroatoms. The lowest BCUT2D eigenvalue weighted by molar-refractivity contribution is 0.451. The third kappa shape index (κ3) is 1.58. The van der Waals surface area contributed by atoms with E-state index in [-0.39, 0.29) is 0 Å². The molecule has 0 amide bonds. The van der Waals surface area contributed by atoms with Crippen molar-refractivity contribution in [3.63, 3.8) is 0 Å². The molecule has 1 aromatic heterocycles. The lowest BCUT2D eigenvalue weighted by Gasteiger charge is -2.02. The van der Waals surface area contributed by atoms with E-state index in [9.17, 15) is 0 Å². The molecule has 1 N–H and O–H groups in total. The number of fused-ring (bicyclic) bond motifs is 1. The van der Waals surface area contributed by atoms with E-state index in [2.05, 4.69) is 26.2 Å². The maximum Gasteiger partial charge on any atom is 0.212 e. The van der Waals surface area contributed by atoms with Crippen LogP contribution in [0, 0.1) is 0 Å². The van der Waals surface area contributed by atoms with Gasteiger partial charge >= 0.3 is 0 Å². The molecule has 0 aliphatic carbocycles. The molecule has 1 atom stereocenters. The van der Waals surface area contributed by atoms with Crippen LogP contribution in [-0.4, -0.2) is 11.5 Å². The molecule has 3 rings (SSSR count). The maximum atomic E-state index is 5.76. The number of aromatic nitrogens is 1. The van der Waals surface area contributed by atoms with E-state index >= 15 is 0 Å². The van der Waals surface area contributed by atoms with Gasteiger partial charge in [0.1, 0.15) is 5.52 Å². The van der Waals surface area contributed by atoms with Crippen LogP contribution in [0.3, 0.4) is 0 Å². The molecule has 1 aliphatic heterocycles. The van der Waals surface area contributed by atoms with Crippen molar-refractivity contribution in [2.75, 3.05) is 6.54 Å². The second-order valence-corrected chi connectivity index (χ2v) is 4.64. The predicted molar refractivity (Wildman–Crippen MR) is 61.7 cm³/mol. The molecule has 1 aromatic carbocycles. The second kappa shape index (κ2) is 3.61. The Hall–Kier alpha value is -0.870. The highest BCUT2D eigenvalue weighted by Gasteiger charge is 2.21. The third-order valence-corrected chi connectivity index (χ3v) is 3.37. The number of nitrogens with one attached hydrogen (secondary N) is 1. The molecule has 2 heterocycles. The largest absolute Gasteiger partial charge is 0.438 e. The van der Waals surface area contributed by atoms with Crippen LogP contribution in [-0.2, 0) is 0 Å². The zero-order valence-corrected chi connectivity index (χ0v) is 9.75. The van der Waals surface area contributed by atoms with E-state index in [1.54, 1.807) is 0 Å². The highest BCUT2D eigenvalue weighted by molar-refractivity contribution is 9.10. The van der Waals surface area contributed by atoms with Crippen LogP contribution < -0.4 is 5.32 Å². The van der Waals surface area contributed by atoms with Gasteiger partial charge in [0.15, 0.2) is 5.58 Å². The van der Waals surface area contributed by atoms with E-state index in [0.717, 1.165) is 34.4 Å². The van der Waals surface area contributed by atoms with Gasteiger partial charge in [-0.05, 0) is 47.4 Å². The molecule has 0 spiro atoms. The van der Waals surface area contributed by atoms with Crippen LogP contribution in [0.2, 0.25) is 0 Å². The van der Waals surface area contributed by atoms with E-state index in [1.807, 2.05) is 18.2 Å². The quantitative estimate of drug-likeness (QED) is 0.863. The fraction of sp³-hybridized carbons (Fsp3) is 0.364. The Kier molecular flexibility index (Phi) is 2.25. The highest BCUT2D eigenvalue weighted by Crippen LogP contribution is 2.29. The number of halogens is 1. The number of benzene rings is 1. The molecule has 15 heavy (non-hydrogen) atoms. The molecular formula is C11H11BrN2O. The van der Waals surface area contributed by atoms with Gasteiger partial charge in [-0.25, -0.2) is 4.98 Å². The Labute approximate surface area is 96.0 Å². The average Bonchev–Trinajstić information content (AvgIpc) is 2.86. The predicted octanol–water partition coefficient (Wildman–Crippen LogP) is 3.01. The third-order valence-electron chi connectivity index (χ3n) is 2.74. The summed E-state index contributed by atoms with van der Waals surface area (Å²) < 4.78 is 6.73. The number of hydrogen-bond acceptors (Lipinski definition) is 3. The minimum atomic E-state index is 0.296. The Bertz CT molecular complexity index is 488. The first-order valence-electron chi connectivity index (χ1n) is 5.13. The number of nitrogens with zero attached hydrogens (tertiary/aromatic N) is 1. The van der Waals surface area contributed by atoms with Crippen LogP contribution in [0.4, 0.5) is 0 Å². The van der Waals surface area contributed by atoms with Crippen molar-refractivity contribution in [1.82, 2.24) is 10.3 Å². The summed E-state index contributed by atoms with van der Waals surface area (Å²) >= 11 is 3.46. The number of hydrogen-bond donors (Lipinski definition) is 1. The van der Waals surface area contributed by atoms with Gasteiger partial charge < -0.3 is 9.73 Å². The van der Waals surface area contributed by atoms with Gasteiger partial charge in [0, 0.05) is 0 Å².